The Bertz CT molecular complexity index is 474. The maximum absolute atomic E-state index is 12.1. The van der Waals surface area contributed by atoms with Gasteiger partial charge in [-0.1, -0.05) is 43.1 Å². The molecule has 1 N–H and O–H groups in total. The van der Waals surface area contributed by atoms with Crippen LogP contribution in [-0.2, 0) is 4.79 Å². The van der Waals surface area contributed by atoms with E-state index in [0.29, 0.717) is 5.92 Å². The molecule has 21 heavy (non-hydrogen) atoms. The average Bonchev–Trinajstić information content (AvgIpc) is 2.40. The van der Waals surface area contributed by atoms with Crippen molar-refractivity contribution in [2.75, 3.05) is 0 Å². The van der Waals surface area contributed by atoms with Crippen LogP contribution in [0.1, 0.15) is 58.9 Å². The molecule has 1 aromatic rings. The molecule has 0 aliphatic rings. The average molecular weight is 356 g/mol. The number of nitrogens with one attached hydrogen (secondary N) is 1. The van der Waals surface area contributed by atoms with E-state index in [2.05, 4.69) is 42.0 Å². The number of hydrogen-bond donors (Lipinski definition) is 1. The highest BCUT2D eigenvalue weighted by Crippen LogP contribution is 2.30. The normalized spacial score (nSPS) is 13.9. The second-order valence-electron chi connectivity index (χ2n) is 5.80. The molecule has 0 saturated carbocycles. The Labute approximate surface area is 136 Å². The fourth-order valence-corrected chi connectivity index (χ4v) is 2.57. The third kappa shape index (κ3) is 5.70. The van der Waals surface area contributed by atoms with E-state index in [0.717, 1.165) is 28.6 Å². The summed E-state index contributed by atoms with van der Waals surface area (Å²) in [6.45, 7) is 10.2. The Morgan fingerprint density at radius 2 is 1.95 bits per heavy atom. The summed E-state index contributed by atoms with van der Waals surface area (Å²) in [7, 11) is 0. The molecule has 118 valence electrons. The molecule has 4 heteroatoms. The summed E-state index contributed by atoms with van der Waals surface area (Å²) in [6, 6.07) is 6.08. The molecule has 1 rings (SSSR count). The number of carbonyl (C=O) groups is 1. The largest absolute Gasteiger partial charge is 0.481 e. The van der Waals surface area contributed by atoms with Crippen LogP contribution in [0.2, 0.25) is 0 Å². The lowest BCUT2D eigenvalue weighted by Crippen LogP contribution is -2.41. The fourth-order valence-electron chi connectivity index (χ4n) is 2.19. The lowest BCUT2D eigenvalue weighted by atomic mass is 10.0. The maximum Gasteiger partial charge on any atom is 0.260 e. The first-order valence-electron chi connectivity index (χ1n) is 7.61. The van der Waals surface area contributed by atoms with Gasteiger partial charge in [-0.05, 0) is 49.9 Å². The molecule has 0 radical (unpaired) electrons. The van der Waals surface area contributed by atoms with E-state index < -0.39 is 6.10 Å². The van der Waals surface area contributed by atoms with Crippen molar-refractivity contribution < 1.29 is 9.53 Å². The molecule has 0 fully saturated rings. The zero-order valence-corrected chi connectivity index (χ0v) is 15.2. The quantitative estimate of drug-likeness (QED) is 0.773. The van der Waals surface area contributed by atoms with Gasteiger partial charge in [0, 0.05) is 10.5 Å². The predicted molar refractivity (Wildman–Crippen MR) is 90.8 cm³/mol. The number of rotatable bonds is 7. The molecule has 1 amide bonds. The monoisotopic (exact) mass is 355 g/mol. The second kappa shape index (κ2) is 8.42. The van der Waals surface area contributed by atoms with Gasteiger partial charge in [0.15, 0.2) is 6.10 Å². The van der Waals surface area contributed by atoms with E-state index in [-0.39, 0.29) is 11.9 Å². The smallest absolute Gasteiger partial charge is 0.260 e. The van der Waals surface area contributed by atoms with Gasteiger partial charge in [0.2, 0.25) is 0 Å². The van der Waals surface area contributed by atoms with Gasteiger partial charge in [0.25, 0.3) is 5.91 Å². The van der Waals surface area contributed by atoms with Gasteiger partial charge < -0.3 is 10.1 Å². The molecule has 0 bridgehead atoms. The number of hydrogen-bond acceptors (Lipinski definition) is 2. The van der Waals surface area contributed by atoms with Crippen molar-refractivity contribution in [3.05, 3.63) is 28.2 Å². The van der Waals surface area contributed by atoms with Crippen LogP contribution in [0, 0.1) is 0 Å². The van der Waals surface area contributed by atoms with Crippen LogP contribution in [0.4, 0.5) is 0 Å². The van der Waals surface area contributed by atoms with Gasteiger partial charge in [-0.15, -0.1) is 0 Å². The third-order valence-electron chi connectivity index (χ3n) is 3.38. The molecular weight excluding hydrogens is 330 g/mol. The van der Waals surface area contributed by atoms with Crippen LogP contribution in [0.3, 0.4) is 0 Å². The summed E-state index contributed by atoms with van der Waals surface area (Å²) >= 11 is 3.47. The van der Waals surface area contributed by atoms with Crippen LogP contribution < -0.4 is 10.1 Å². The number of benzene rings is 1. The molecule has 0 aromatic heterocycles. The zero-order chi connectivity index (χ0) is 16.0. The van der Waals surface area contributed by atoms with Crippen LogP contribution in [-0.4, -0.2) is 18.1 Å². The molecule has 0 heterocycles. The van der Waals surface area contributed by atoms with Crippen molar-refractivity contribution in [2.24, 2.45) is 0 Å². The first-order valence-corrected chi connectivity index (χ1v) is 8.40. The highest BCUT2D eigenvalue weighted by molar-refractivity contribution is 9.10. The van der Waals surface area contributed by atoms with Crippen molar-refractivity contribution in [2.45, 2.75) is 65.5 Å². The van der Waals surface area contributed by atoms with Crippen molar-refractivity contribution in [1.29, 1.82) is 0 Å². The van der Waals surface area contributed by atoms with Crippen molar-refractivity contribution in [3.8, 4) is 5.75 Å². The molecule has 2 atom stereocenters. The van der Waals surface area contributed by atoms with Gasteiger partial charge in [-0.2, -0.15) is 0 Å². The first-order chi connectivity index (χ1) is 9.85. The zero-order valence-electron chi connectivity index (χ0n) is 13.6. The third-order valence-corrected chi connectivity index (χ3v) is 3.87. The Morgan fingerprint density at radius 3 is 2.52 bits per heavy atom. The van der Waals surface area contributed by atoms with Crippen LogP contribution in [0.25, 0.3) is 0 Å². The van der Waals surface area contributed by atoms with Crippen LogP contribution >= 0.6 is 15.9 Å². The van der Waals surface area contributed by atoms with Gasteiger partial charge in [-0.3, -0.25) is 4.79 Å². The Kier molecular flexibility index (Phi) is 7.23. The summed E-state index contributed by atoms with van der Waals surface area (Å²) in [4.78, 5) is 12.1. The Hall–Kier alpha value is -1.03. The van der Waals surface area contributed by atoms with Crippen molar-refractivity contribution in [1.82, 2.24) is 5.32 Å². The number of carbonyl (C=O) groups excluding carboxylic acids is 1. The van der Waals surface area contributed by atoms with Crippen molar-refractivity contribution >= 4 is 21.8 Å². The minimum absolute atomic E-state index is 0.0615. The number of halogens is 1. The SMILES string of the molecule is CCCC(C)NC(=O)C(C)Oc1ccc(Br)cc1C(C)C. The lowest BCUT2D eigenvalue weighted by Gasteiger charge is -2.21. The minimum Gasteiger partial charge on any atom is -0.481 e. The molecule has 2 unspecified atom stereocenters. The summed E-state index contributed by atoms with van der Waals surface area (Å²) in [5.74, 6) is 1.05. The van der Waals surface area contributed by atoms with Gasteiger partial charge in [-0.25, -0.2) is 0 Å². The molecule has 3 nitrogen and oxygen atoms in total. The molecule has 0 saturated heterocycles. The number of amides is 1. The van der Waals surface area contributed by atoms with Crippen LogP contribution in [0.15, 0.2) is 22.7 Å². The summed E-state index contributed by atoms with van der Waals surface area (Å²) in [5.41, 5.74) is 1.10. The molecule has 0 aliphatic heterocycles. The predicted octanol–water partition coefficient (Wildman–Crippen LogP) is 4.64. The first kappa shape index (κ1) is 18.0. The summed E-state index contributed by atoms with van der Waals surface area (Å²) < 4.78 is 6.89. The van der Waals surface area contributed by atoms with E-state index >= 15 is 0 Å². The van der Waals surface area contributed by atoms with Crippen molar-refractivity contribution in [3.63, 3.8) is 0 Å². The van der Waals surface area contributed by atoms with Gasteiger partial charge in [0.1, 0.15) is 5.75 Å². The summed E-state index contributed by atoms with van der Waals surface area (Å²) in [6.07, 6.45) is 1.54. The van der Waals surface area contributed by atoms with E-state index in [1.54, 1.807) is 6.92 Å². The van der Waals surface area contributed by atoms with E-state index in [9.17, 15) is 4.79 Å². The lowest BCUT2D eigenvalue weighted by molar-refractivity contribution is -0.127. The van der Waals surface area contributed by atoms with Crippen LogP contribution in [0.5, 0.6) is 5.75 Å². The molecule has 0 spiro atoms. The standard InChI is InChI=1S/C17H26BrNO2/c1-6-7-12(4)19-17(20)13(5)21-16-9-8-14(18)10-15(16)11(2)3/h8-13H,6-7H2,1-5H3,(H,19,20). The Balaban J connectivity index is 2.74. The van der Waals surface area contributed by atoms with E-state index in [1.807, 2.05) is 25.1 Å². The highest BCUT2D eigenvalue weighted by atomic mass is 79.9. The molecule has 0 aliphatic carbocycles. The van der Waals surface area contributed by atoms with Gasteiger partial charge in [0.05, 0.1) is 0 Å². The van der Waals surface area contributed by atoms with Gasteiger partial charge >= 0.3 is 0 Å². The minimum atomic E-state index is -0.497. The highest BCUT2D eigenvalue weighted by Gasteiger charge is 2.18. The van der Waals surface area contributed by atoms with E-state index in [1.165, 1.54) is 0 Å². The molecule has 1 aromatic carbocycles. The Morgan fingerprint density at radius 1 is 1.29 bits per heavy atom. The summed E-state index contributed by atoms with van der Waals surface area (Å²) in [5, 5.41) is 2.99. The number of ether oxygens (including phenoxy) is 1. The fraction of sp³-hybridized carbons (Fsp3) is 0.588. The second-order valence-corrected chi connectivity index (χ2v) is 6.71. The molecular formula is C17H26BrNO2. The maximum atomic E-state index is 12.1. The topological polar surface area (TPSA) is 38.3 Å². The van der Waals surface area contributed by atoms with E-state index in [4.69, 9.17) is 4.74 Å².